The van der Waals surface area contributed by atoms with Crippen LogP contribution in [0.3, 0.4) is 0 Å². The van der Waals surface area contributed by atoms with E-state index >= 15 is 0 Å². The van der Waals surface area contributed by atoms with Crippen LogP contribution >= 0.6 is 0 Å². The van der Waals surface area contributed by atoms with Crippen LogP contribution in [0.15, 0.2) is 231 Å². The Hall–Kier alpha value is -8.21. The van der Waals surface area contributed by atoms with Gasteiger partial charge in [0.15, 0.2) is 17.5 Å². The quantitative estimate of drug-likeness (QED) is 0.154. The highest BCUT2D eigenvalue weighted by Gasteiger charge is 2.18. The van der Waals surface area contributed by atoms with Crippen molar-refractivity contribution in [2.75, 3.05) is 0 Å². The van der Waals surface area contributed by atoms with Gasteiger partial charge in [0.2, 0.25) is 0 Å². The fourth-order valence-electron chi connectivity index (χ4n) is 8.48. The summed E-state index contributed by atoms with van der Waals surface area (Å²) in [5.74, 6) is 1.93. The van der Waals surface area contributed by atoms with Crippen LogP contribution in [0.4, 0.5) is 0 Å². The van der Waals surface area contributed by atoms with Gasteiger partial charge in [-0.05, 0) is 81.4 Å². The van der Waals surface area contributed by atoms with Crippen LogP contribution in [0.2, 0.25) is 0 Å². The lowest BCUT2D eigenvalue weighted by molar-refractivity contribution is 1.07. The van der Waals surface area contributed by atoms with Crippen LogP contribution in [-0.2, 0) is 0 Å². The molecule has 0 saturated heterocycles. The van der Waals surface area contributed by atoms with Gasteiger partial charge in [0.25, 0.3) is 0 Å². The highest BCUT2D eigenvalue weighted by Crippen LogP contribution is 2.40. The minimum atomic E-state index is 0.638. The maximum atomic E-state index is 4.98. The molecule has 0 aliphatic rings. The molecule has 0 aliphatic heterocycles. The molecule has 0 atom stereocenters. The van der Waals surface area contributed by atoms with E-state index in [1.807, 2.05) is 60.7 Å². The molecule has 0 saturated carbocycles. The van der Waals surface area contributed by atoms with E-state index < -0.39 is 0 Å². The summed E-state index contributed by atoms with van der Waals surface area (Å²) < 4.78 is 2.42. The zero-order valence-electron chi connectivity index (χ0n) is 33.2. The molecule has 4 heteroatoms. The molecule has 0 unspecified atom stereocenters. The molecule has 2 aromatic heterocycles. The van der Waals surface area contributed by atoms with E-state index in [4.69, 9.17) is 15.0 Å². The maximum Gasteiger partial charge on any atom is 0.164 e. The number of aromatic nitrogens is 4. The van der Waals surface area contributed by atoms with E-state index in [2.05, 4.69) is 174 Å². The van der Waals surface area contributed by atoms with Crippen molar-refractivity contribution in [3.63, 3.8) is 0 Å². The van der Waals surface area contributed by atoms with Crippen LogP contribution in [0.5, 0.6) is 0 Å². The van der Waals surface area contributed by atoms with Crippen LogP contribution in [0, 0.1) is 0 Å². The van der Waals surface area contributed by atoms with E-state index in [1.54, 1.807) is 0 Å². The summed E-state index contributed by atoms with van der Waals surface area (Å²) in [5.41, 5.74) is 15.7. The Balaban J connectivity index is 0.964. The Morgan fingerprint density at radius 2 is 0.656 bits per heavy atom. The molecule has 286 valence electrons. The average Bonchev–Trinajstić information content (AvgIpc) is 3.69. The second-order valence-electron chi connectivity index (χ2n) is 15.3. The van der Waals surface area contributed by atoms with Gasteiger partial charge in [-0.3, -0.25) is 0 Å². The van der Waals surface area contributed by atoms with Crippen LogP contribution in [-0.4, -0.2) is 19.5 Å². The first kappa shape index (κ1) is 35.9. The first-order chi connectivity index (χ1) is 30.2. The van der Waals surface area contributed by atoms with Gasteiger partial charge >= 0.3 is 0 Å². The van der Waals surface area contributed by atoms with Gasteiger partial charge in [0.05, 0.1) is 11.0 Å². The largest absolute Gasteiger partial charge is 0.309 e. The fourth-order valence-corrected chi connectivity index (χ4v) is 8.48. The van der Waals surface area contributed by atoms with E-state index in [-0.39, 0.29) is 0 Å². The molecule has 0 N–H and O–H groups in total. The molecule has 2 heterocycles. The topological polar surface area (TPSA) is 43.6 Å². The number of hydrogen-bond acceptors (Lipinski definition) is 3. The summed E-state index contributed by atoms with van der Waals surface area (Å²) in [6.45, 7) is 0. The molecular formula is C57H38N4. The van der Waals surface area contributed by atoms with Crippen molar-refractivity contribution in [1.29, 1.82) is 0 Å². The SMILES string of the molecule is c1ccc(-c2nc(-c3ccccc3)nc(-c3cccc(-c4cccc(-c5cccc(-c6ccc7c(c6)c6cccc(-c8ccccc8)c6n7-c6ccccc6)c5)c4)c3)n2)cc1. The van der Waals surface area contributed by atoms with Gasteiger partial charge in [-0.1, -0.05) is 188 Å². The second kappa shape index (κ2) is 15.5. The minimum Gasteiger partial charge on any atom is -0.309 e. The van der Waals surface area contributed by atoms with Crippen molar-refractivity contribution in [3.8, 4) is 84.4 Å². The number of fused-ring (bicyclic) bond motifs is 3. The van der Waals surface area contributed by atoms with Gasteiger partial charge < -0.3 is 4.57 Å². The summed E-state index contributed by atoms with van der Waals surface area (Å²) in [6.07, 6.45) is 0. The molecule has 0 spiro atoms. The normalized spacial score (nSPS) is 11.3. The Kier molecular flexibility index (Phi) is 9.14. The Morgan fingerprint density at radius 1 is 0.262 bits per heavy atom. The van der Waals surface area contributed by atoms with Crippen molar-refractivity contribution in [2.24, 2.45) is 0 Å². The highest BCUT2D eigenvalue weighted by atomic mass is 15.0. The molecule has 0 aliphatic carbocycles. The average molecular weight is 779 g/mol. The number of rotatable bonds is 8. The van der Waals surface area contributed by atoms with Gasteiger partial charge in [-0.15, -0.1) is 0 Å². The number of hydrogen-bond donors (Lipinski definition) is 0. The Morgan fingerprint density at radius 3 is 1.18 bits per heavy atom. The summed E-state index contributed by atoms with van der Waals surface area (Å²) in [7, 11) is 0. The monoisotopic (exact) mass is 778 g/mol. The molecule has 4 nitrogen and oxygen atoms in total. The number of nitrogens with zero attached hydrogens (tertiary/aromatic N) is 4. The standard InChI is InChI=1S/C57H38N4/c1-5-17-39(18-6-1)50-31-16-32-51-52-38-47(33-34-53(52)61(54(50)51)49-29-11-4-12-30-49)45-26-14-24-43(36-45)42-23-13-25-44(35-42)46-27-15-28-48(37-46)57-59-55(40-19-7-2-8-20-40)58-56(60-57)41-21-9-3-10-22-41/h1-38H. The predicted molar refractivity (Wildman–Crippen MR) is 252 cm³/mol. The molecule has 11 rings (SSSR count). The summed E-state index contributed by atoms with van der Waals surface area (Å²) >= 11 is 0. The summed E-state index contributed by atoms with van der Waals surface area (Å²) in [5, 5.41) is 2.46. The number of para-hydroxylation sites is 2. The van der Waals surface area contributed by atoms with Crippen LogP contribution in [0.1, 0.15) is 0 Å². The van der Waals surface area contributed by atoms with Crippen molar-refractivity contribution in [3.05, 3.63) is 231 Å². The van der Waals surface area contributed by atoms with E-state index in [1.165, 1.54) is 44.1 Å². The van der Waals surface area contributed by atoms with Crippen molar-refractivity contribution in [1.82, 2.24) is 19.5 Å². The lowest BCUT2D eigenvalue weighted by atomic mass is 9.95. The van der Waals surface area contributed by atoms with Crippen molar-refractivity contribution < 1.29 is 0 Å². The number of benzene rings is 9. The molecule has 0 amide bonds. The maximum absolute atomic E-state index is 4.98. The Bertz CT molecular complexity index is 3280. The summed E-state index contributed by atoms with van der Waals surface area (Å²) in [4.78, 5) is 14.9. The Labute approximate surface area is 354 Å². The third kappa shape index (κ3) is 6.86. The first-order valence-electron chi connectivity index (χ1n) is 20.6. The summed E-state index contributed by atoms with van der Waals surface area (Å²) in [6, 6.07) is 81.3. The molecule has 11 aromatic rings. The van der Waals surface area contributed by atoms with Crippen LogP contribution in [0.25, 0.3) is 106 Å². The molecule has 0 fully saturated rings. The first-order valence-corrected chi connectivity index (χ1v) is 20.6. The fraction of sp³-hybridized carbons (Fsp3) is 0. The lowest BCUT2D eigenvalue weighted by Crippen LogP contribution is -2.00. The van der Waals surface area contributed by atoms with Gasteiger partial charge in [-0.25, -0.2) is 15.0 Å². The van der Waals surface area contributed by atoms with Gasteiger partial charge in [0, 0.05) is 38.7 Å². The van der Waals surface area contributed by atoms with Gasteiger partial charge in [-0.2, -0.15) is 0 Å². The van der Waals surface area contributed by atoms with E-state index in [9.17, 15) is 0 Å². The lowest BCUT2D eigenvalue weighted by Gasteiger charge is -2.12. The molecule has 0 radical (unpaired) electrons. The third-order valence-corrected chi connectivity index (χ3v) is 11.4. The molecule has 9 aromatic carbocycles. The predicted octanol–water partition coefficient (Wildman–Crippen LogP) is 14.6. The van der Waals surface area contributed by atoms with Crippen LogP contribution < -0.4 is 0 Å². The second-order valence-corrected chi connectivity index (χ2v) is 15.3. The third-order valence-electron chi connectivity index (χ3n) is 11.4. The molecular weight excluding hydrogens is 741 g/mol. The van der Waals surface area contributed by atoms with Gasteiger partial charge in [0.1, 0.15) is 0 Å². The highest BCUT2D eigenvalue weighted by molar-refractivity contribution is 6.14. The van der Waals surface area contributed by atoms with Crippen molar-refractivity contribution in [2.45, 2.75) is 0 Å². The molecule has 61 heavy (non-hydrogen) atoms. The zero-order chi connectivity index (χ0) is 40.5. The van der Waals surface area contributed by atoms with Crippen molar-refractivity contribution >= 4 is 21.8 Å². The van der Waals surface area contributed by atoms with E-state index in [0.29, 0.717) is 17.5 Å². The zero-order valence-corrected chi connectivity index (χ0v) is 33.2. The molecule has 0 bridgehead atoms. The van der Waals surface area contributed by atoms with E-state index in [0.717, 1.165) is 44.6 Å². The smallest absolute Gasteiger partial charge is 0.164 e. The minimum absolute atomic E-state index is 0.638.